The van der Waals surface area contributed by atoms with Gasteiger partial charge in [-0.05, 0) is 44.1 Å². The fourth-order valence-electron chi connectivity index (χ4n) is 2.89. The van der Waals surface area contributed by atoms with E-state index in [-0.39, 0.29) is 0 Å². The normalized spacial score (nSPS) is 19.9. The third-order valence-corrected chi connectivity index (χ3v) is 4.00. The Hall–Kier alpha value is -1.10. The molecule has 2 atom stereocenters. The van der Waals surface area contributed by atoms with Gasteiger partial charge in [-0.2, -0.15) is 0 Å². The number of ether oxygens (including phenoxy) is 2. The zero-order valence-corrected chi connectivity index (χ0v) is 13.5. The Bertz CT molecular complexity index is 402. The third-order valence-electron chi connectivity index (χ3n) is 4.00. The zero-order valence-electron chi connectivity index (χ0n) is 13.5. The molecule has 0 aromatic heterocycles. The van der Waals surface area contributed by atoms with E-state index in [2.05, 4.69) is 36.3 Å². The van der Waals surface area contributed by atoms with Crippen molar-refractivity contribution in [3.63, 3.8) is 0 Å². The number of likely N-dealkylation sites (N-methyl/N-ethyl adjacent to an activating group) is 2. The minimum atomic E-state index is 0.340. The van der Waals surface area contributed by atoms with Crippen molar-refractivity contribution in [1.82, 2.24) is 10.2 Å². The van der Waals surface area contributed by atoms with Gasteiger partial charge >= 0.3 is 0 Å². The number of nitrogens with zero attached hydrogens (tertiary/aromatic N) is 1. The second kappa shape index (κ2) is 8.37. The summed E-state index contributed by atoms with van der Waals surface area (Å²) in [4.78, 5) is 2.37. The topological polar surface area (TPSA) is 33.7 Å². The summed E-state index contributed by atoms with van der Waals surface area (Å²) in [6.07, 6.45) is 2.81. The van der Waals surface area contributed by atoms with Crippen molar-refractivity contribution in [2.75, 3.05) is 40.4 Å². The van der Waals surface area contributed by atoms with Gasteiger partial charge in [-0.15, -0.1) is 0 Å². The van der Waals surface area contributed by atoms with Crippen LogP contribution in [0.25, 0.3) is 0 Å². The zero-order chi connectivity index (χ0) is 15.1. The molecule has 1 aliphatic heterocycles. The summed E-state index contributed by atoms with van der Waals surface area (Å²) in [5, 5.41) is 3.57. The van der Waals surface area contributed by atoms with Gasteiger partial charge in [0.05, 0.1) is 13.2 Å². The number of benzene rings is 1. The first-order valence-corrected chi connectivity index (χ1v) is 7.90. The Morgan fingerprint density at radius 3 is 2.71 bits per heavy atom. The highest BCUT2D eigenvalue weighted by Crippen LogP contribution is 2.19. The fourth-order valence-corrected chi connectivity index (χ4v) is 2.89. The van der Waals surface area contributed by atoms with E-state index in [1.54, 1.807) is 7.11 Å². The predicted molar refractivity (Wildman–Crippen MR) is 85.9 cm³/mol. The number of rotatable bonds is 8. The highest BCUT2D eigenvalue weighted by molar-refractivity contribution is 5.29. The second-order valence-electron chi connectivity index (χ2n) is 5.74. The molecule has 2 rings (SSSR count). The molecule has 2 unspecified atom stereocenters. The largest absolute Gasteiger partial charge is 0.497 e. The van der Waals surface area contributed by atoms with Crippen molar-refractivity contribution < 1.29 is 9.47 Å². The molecule has 0 bridgehead atoms. The maximum Gasteiger partial charge on any atom is 0.118 e. The van der Waals surface area contributed by atoms with E-state index in [1.165, 1.54) is 18.4 Å². The first kappa shape index (κ1) is 16.3. The summed E-state index contributed by atoms with van der Waals surface area (Å²) in [5.74, 6) is 0.904. The molecule has 1 N–H and O–H groups in total. The lowest BCUT2D eigenvalue weighted by atomic mass is 10.1. The van der Waals surface area contributed by atoms with Gasteiger partial charge < -0.3 is 19.7 Å². The summed E-state index contributed by atoms with van der Waals surface area (Å²) in [7, 11) is 3.88. The lowest BCUT2D eigenvalue weighted by molar-refractivity contribution is 0.0784. The molecule has 1 aromatic carbocycles. The lowest BCUT2D eigenvalue weighted by Crippen LogP contribution is -2.36. The van der Waals surface area contributed by atoms with Gasteiger partial charge in [0.1, 0.15) is 5.75 Å². The minimum absolute atomic E-state index is 0.340. The molecule has 0 amide bonds. The molecular weight excluding hydrogens is 264 g/mol. The Kier molecular flexibility index (Phi) is 6.49. The van der Waals surface area contributed by atoms with Gasteiger partial charge in [0.15, 0.2) is 0 Å². The predicted octanol–water partition coefficient (Wildman–Crippen LogP) is 2.46. The minimum Gasteiger partial charge on any atom is -0.497 e. The molecule has 0 aliphatic carbocycles. The van der Waals surface area contributed by atoms with Crippen LogP contribution in [0.4, 0.5) is 0 Å². The van der Waals surface area contributed by atoms with Crippen LogP contribution < -0.4 is 10.1 Å². The molecule has 0 radical (unpaired) electrons. The van der Waals surface area contributed by atoms with Gasteiger partial charge in [-0.3, -0.25) is 0 Å². The maximum atomic E-state index is 5.72. The van der Waals surface area contributed by atoms with E-state index < -0.39 is 0 Å². The standard InChI is InChI=1S/C17H28N2O2/c1-4-18-17(14-7-9-15(20-3)10-8-14)13-19(2)12-16-6-5-11-21-16/h7-10,16-18H,4-6,11-13H2,1-3H3. The van der Waals surface area contributed by atoms with Gasteiger partial charge in [-0.25, -0.2) is 0 Å². The van der Waals surface area contributed by atoms with E-state index >= 15 is 0 Å². The Balaban J connectivity index is 1.93. The molecule has 118 valence electrons. The molecule has 21 heavy (non-hydrogen) atoms. The molecular formula is C17H28N2O2. The molecule has 1 heterocycles. The monoisotopic (exact) mass is 292 g/mol. The molecule has 1 saturated heterocycles. The number of hydrogen-bond donors (Lipinski definition) is 1. The van der Waals surface area contributed by atoms with Crippen molar-refractivity contribution >= 4 is 0 Å². The summed E-state index contributed by atoms with van der Waals surface area (Å²) in [5.41, 5.74) is 1.30. The number of nitrogens with one attached hydrogen (secondary N) is 1. The van der Waals surface area contributed by atoms with E-state index in [4.69, 9.17) is 9.47 Å². The van der Waals surface area contributed by atoms with E-state index in [9.17, 15) is 0 Å². The quantitative estimate of drug-likeness (QED) is 0.798. The van der Waals surface area contributed by atoms with Gasteiger partial charge in [-0.1, -0.05) is 19.1 Å². The van der Waals surface area contributed by atoms with Gasteiger partial charge in [0.2, 0.25) is 0 Å². The first-order valence-electron chi connectivity index (χ1n) is 7.90. The summed E-state index contributed by atoms with van der Waals surface area (Å²) in [6, 6.07) is 8.68. The molecule has 1 aliphatic rings. The van der Waals surface area contributed by atoms with Crippen molar-refractivity contribution in [3.05, 3.63) is 29.8 Å². The van der Waals surface area contributed by atoms with Gasteiger partial charge in [0.25, 0.3) is 0 Å². The Morgan fingerprint density at radius 2 is 2.14 bits per heavy atom. The maximum absolute atomic E-state index is 5.72. The third kappa shape index (κ3) is 4.99. The van der Waals surface area contributed by atoms with Crippen LogP contribution in [0.3, 0.4) is 0 Å². The molecule has 0 saturated carbocycles. The van der Waals surface area contributed by atoms with Crippen LogP contribution in [0.2, 0.25) is 0 Å². The van der Waals surface area contributed by atoms with Crippen molar-refractivity contribution in [1.29, 1.82) is 0 Å². The van der Waals surface area contributed by atoms with Crippen molar-refractivity contribution in [2.45, 2.75) is 31.9 Å². The molecule has 0 spiro atoms. The van der Waals surface area contributed by atoms with Crippen LogP contribution in [-0.4, -0.2) is 51.4 Å². The average molecular weight is 292 g/mol. The van der Waals surface area contributed by atoms with Gasteiger partial charge in [0, 0.05) is 25.7 Å². The lowest BCUT2D eigenvalue weighted by Gasteiger charge is -2.27. The highest BCUT2D eigenvalue weighted by Gasteiger charge is 2.19. The van der Waals surface area contributed by atoms with Crippen LogP contribution in [0.5, 0.6) is 5.75 Å². The Labute approximate surface area is 128 Å². The van der Waals surface area contributed by atoms with Crippen LogP contribution >= 0.6 is 0 Å². The van der Waals surface area contributed by atoms with Crippen LogP contribution in [0.1, 0.15) is 31.4 Å². The first-order chi connectivity index (χ1) is 10.2. The molecule has 4 heteroatoms. The summed E-state index contributed by atoms with van der Waals surface area (Å²) >= 11 is 0. The van der Waals surface area contributed by atoms with Crippen molar-refractivity contribution in [3.8, 4) is 5.75 Å². The van der Waals surface area contributed by atoms with Crippen LogP contribution in [-0.2, 0) is 4.74 Å². The second-order valence-corrected chi connectivity index (χ2v) is 5.74. The number of methoxy groups -OCH3 is 1. The number of hydrogen-bond acceptors (Lipinski definition) is 4. The molecule has 4 nitrogen and oxygen atoms in total. The summed E-state index contributed by atoms with van der Waals surface area (Å²) < 4.78 is 11.0. The van der Waals surface area contributed by atoms with Crippen LogP contribution in [0, 0.1) is 0 Å². The molecule has 1 aromatic rings. The Morgan fingerprint density at radius 1 is 1.38 bits per heavy atom. The average Bonchev–Trinajstić information content (AvgIpc) is 3.00. The van der Waals surface area contributed by atoms with Crippen molar-refractivity contribution in [2.24, 2.45) is 0 Å². The van der Waals surface area contributed by atoms with Crippen LogP contribution in [0.15, 0.2) is 24.3 Å². The van der Waals surface area contributed by atoms with E-state index in [0.717, 1.165) is 32.0 Å². The van der Waals surface area contributed by atoms with E-state index in [0.29, 0.717) is 12.1 Å². The summed E-state index contributed by atoms with van der Waals surface area (Å²) in [6.45, 7) is 6.03. The SMILES string of the molecule is CCNC(CN(C)CC1CCCO1)c1ccc(OC)cc1. The fraction of sp³-hybridized carbons (Fsp3) is 0.647. The smallest absolute Gasteiger partial charge is 0.118 e. The van der Waals surface area contributed by atoms with E-state index in [1.807, 2.05) is 12.1 Å². The molecule has 1 fully saturated rings. The highest BCUT2D eigenvalue weighted by atomic mass is 16.5.